The van der Waals surface area contributed by atoms with Crippen molar-refractivity contribution in [2.24, 2.45) is 11.3 Å². The highest BCUT2D eigenvalue weighted by atomic mass is 14.3. The molecule has 0 fully saturated rings. The molecule has 0 saturated carbocycles. The van der Waals surface area contributed by atoms with Crippen molar-refractivity contribution in [3.05, 3.63) is 12.2 Å². The molecule has 0 rings (SSSR count). The van der Waals surface area contributed by atoms with Crippen LogP contribution in [0.3, 0.4) is 0 Å². The average Bonchev–Trinajstić information content (AvgIpc) is 1.83. The molecule has 0 aromatic carbocycles. The van der Waals surface area contributed by atoms with E-state index in [1.54, 1.807) is 0 Å². The van der Waals surface area contributed by atoms with Crippen LogP contribution in [0.2, 0.25) is 0 Å². The second-order valence-electron chi connectivity index (χ2n) is 4.10. The fraction of sp³-hybridized carbons (Fsp3) is 0.800. The molecule has 0 nitrogen and oxygen atoms in total. The van der Waals surface area contributed by atoms with Crippen molar-refractivity contribution in [1.29, 1.82) is 0 Å². The Kier molecular flexibility index (Phi) is 3.14. The van der Waals surface area contributed by atoms with Crippen molar-refractivity contribution in [3.63, 3.8) is 0 Å². The first-order valence-electron chi connectivity index (χ1n) is 4.07. The third-order valence-electron chi connectivity index (χ3n) is 2.37. The molecular formula is C10H20. The van der Waals surface area contributed by atoms with Gasteiger partial charge in [-0.3, -0.25) is 0 Å². The quantitative estimate of drug-likeness (QED) is 0.514. The summed E-state index contributed by atoms with van der Waals surface area (Å²) in [6.45, 7) is 15.3. The van der Waals surface area contributed by atoms with Crippen molar-refractivity contribution in [1.82, 2.24) is 0 Å². The van der Waals surface area contributed by atoms with E-state index in [1.807, 2.05) is 0 Å². The van der Waals surface area contributed by atoms with Crippen LogP contribution in [-0.4, -0.2) is 0 Å². The van der Waals surface area contributed by atoms with Gasteiger partial charge in [0.2, 0.25) is 0 Å². The minimum Gasteiger partial charge on any atom is -0.0996 e. The predicted molar refractivity (Wildman–Crippen MR) is 48.1 cm³/mol. The van der Waals surface area contributed by atoms with Crippen molar-refractivity contribution in [2.75, 3.05) is 0 Å². The second kappa shape index (κ2) is 3.23. The Morgan fingerprint density at radius 3 is 1.90 bits per heavy atom. The van der Waals surface area contributed by atoms with Crippen LogP contribution in [0.5, 0.6) is 0 Å². The summed E-state index contributed by atoms with van der Waals surface area (Å²) < 4.78 is 0. The lowest BCUT2D eigenvalue weighted by atomic mass is 9.77. The molecule has 0 aromatic heterocycles. The zero-order valence-corrected chi connectivity index (χ0v) is 7.99. The maximum absolute atomic E-state index is 4.04. The lowest BCUT2D eigenvalue weighted by Gasteiger charge is -2.28. The van der Waals surface area contributed by atoms with E-state index in [2.05, 4.69) is 41.2 Å². The van der Waals surface area contributed by atoms with Gasteiger partial charge in [0.25, 0.3) is 0 Å². The number of rotatable bonds is 2. The van der Waals surface area contributed by atoms with Gasteiger partial charge in [-0.25, -0.2) is 0 Å². The van der Waals surface area contributed by atoms with Crippen molar-refractivity contribution < 1.29 is 0 Å². The molecule has 60 valence electrons. The highest BCUT2D eigenvalue weighted by Gasteiger charge is 2.20. The van der Waals surface area contributed by atoms with E-state index in [-0.39, 0.29) is 0 Å². The summed E-state index contributed by atoms with van der Waals surface area (Å²) in [7, 11) is 0. The topological polar surface area (TPSA) is 0 Å². The molecule has 0 aliphatic carbocycles. The fourth-order valence-corrected chi connectivity index (χ4v) is 0.919. The summed E-state index contributed by atoms with van der Waals surface area (Å²) in [5.41, 5.74) is 1.75. The van der Waals surface area contributed by atoms with Gasteiger partial charge in [-0.05, 0) is 17.8 Å². The van der Waals surface area contributed by atoms with E-state index in [4.69, 9.17) is 0 Å². The predicted octanol–water partition coefficient (Wildman–Crippen LogP) is 3.63. The maximum atomic E-state index is 4.04. The Hall–Kier alpha value is -0.260. The molecule has 0 aromatic rings. The highest BCUT2D eigenvalue weighted by molar-refractivity contribution is 5.01. The molecule has 0 amide bonds. The monoisotopic (exact) mass is 140 g/mol. The van der Waals surface area contributed by atoms with Crippen molar-refractivity contribution in [2.45, 2.75) is 41.0 Å². The van der Waals surface area contributed by atoms with Crippen LogP contribution in [-0.2, 0) is 0 Å². The van der Waals surface area contributed by atoms with E-state index in [1.165, 1.54) is 5.57 Å². The molecule has 0 bridgehead atoms. The van der Waals surface area contributed by atoms with Gasteiger partial charge in [-0.15, -0.1) is 0 Å². The number of allylic oxidation sites excluding steroid dienone is 1. The Bertz CT molecular complexity index is 114. The summed E-state index contributed by atoms with van der Waals surface area (Å²) in [4.78, 5) is 0. The molecule has 0 radical (unpaired) electrons. The molecule has 0 spiro atoms. The summed E-state index contributed by atoms with van der Waals surface area (Å²) in [5.74, 6) is 0.637. The van der Waals surface area contributed by atoms with Gasteiger partial charge < -0.3 is 0 Å². The number of hydrogen-bond donors (Lipinski definition) is 0. The van der Waals surface area contributed by atoms with Crippen molar-refractivity contribution >= 4 is 0 Å². The van der Waals surface area contributed by atoms with Crippen molar-refractivity contribution in [3.8, 4) is 0 Å². The van der Waals surface area contributed by atoms with E-state index in [0.29, 0.717) is 11.3 Å². The van der Waals surface area contributed by atoms with Crippen LogP contribution in [0.25, 0.3) is 0 Å². The zero-order valence-electron chi connectivity index (χ0n) is 7.99. The summed E-state index contributed by atoms with van der Waals surface area (Å²) in [6.07, 6.45) is 1.11. The molecule has 1 unspecified atom stereocenters. The van der Waals surface area contributed by atoms with E-state index < -0.39 is 0 Å². The molecule has 10 heavy (non-hydrogen) atoms. The van der Waals surface area contributed by atoms with Gasteiger partial charge >= 0.3 is 0 Å². The third kappa shape index (κ3) is 2.55. The fourth-order valence-electron chi connectivity index (χ4n) is 0.919. The largest absolute Gasteiger partial charge is 0.0996 e. The lowest BCUT2D eigenvalue weighted by molar-refractivity contribution is 0.297. The molecule has 0 aliphatic rings. The Balaban J connectivity index is 4.08. The average molecular weight is 140 g/mol. The van der Waals surface area contributed by atoms with E-state index >= 15 is 0 Å². The van der Waals surface area contributed by atoms with Crippen LogP contribution in [0.1, 0.15) is 41.0 Å². The highest BCUT2D eigenvalue weighted by Crippen LogP contribution is 2.31. The Morgan fingerprint density at radius 2 is 1.80 bits per heavy atom. The van der Waals surface area contributed by atoms with E-state index in [9.17, 15) is 0 Å². The van der Waals surface area contributed by atoms with Gasteiger partial charge in [0.15, 0.2) is 0 Å². The smallest absolute Gasteiger partial charge is 0.0186 e. The van der Waals surface area contributed by atoms with Crippen LogP contribution in [0.4, 0.5) is 0 Å². The van der Waals surface area contributed by atoms with Gasteiger partial charge in [0.05, 0.1) is 0 Å². The molecular weight excluding hydrogens is 120 g/mol. The molecule has 0 aliphatic heterocycles. The van der Waals surface area contributed by atoms with Crippen LogP contribution >= 0.6 is 0 Å². The first-order chi connectivity index (χ1) is 4.39. The SMILES string of the molecule is C=C(CC)C(C)C(C)(C)C. The number of hydrogen-bond acceptors (Lipinski definition) is 0. The normalized spacial score (nSPS) is 14.9. The minimum absolute atomic E-state index is 0.382. The lowest BCUT2D eigenvalue weighted by Crippen LogP contribution is -2.18. The first kappa shape index (κ1) is 9.74. The minimum atomic E-state index is 0.382. The summed E-state index contributed by atoms with van der Waals surface area (Å²) in [6, 6.07) is 0. The van der Waals surface area contributed by atoms with Crippen LogP contribution in [0.15, 0.2) is 12.2 Å². The van der Waals surface area contributed by atoms with Gasteiger partial charge in [0.1, 0.15) is 0 Å². The Labute approximate surface area is 65.3 Å². The third-order valence-corrected chi connectivity index (χ3v) is 2.37. The van der Waals surface area contributed by atoms with Crippen LogP contribution in [0, 0.1) is 11.3 Å². The van der Waals surface area contributed by atoms with E-state index in [0.717, 1.165) is 6.42 Å². The molecule has 0 N–H and O–H groups in total. The first-order valence-corrected chi connectivity index (χ1v) is 4.07. The van der Waals surface area contributed by atoms with Gasteiger partial charge in [-0.1, -0.05) is 46.8 Å². The zero-order chi connectivity index (χ0) is 8.36. The molecule has 0 heteroatoms. The molecule has 0 saturated heterocycles. The molecule has 1 atom stereocenters. The standard InChI is InChI=1S/C10H20/c1-7-8(2)9(3)10(4,5)6/h9H,2,7H2,1,3-6H3. The Morgan fingerprint density at radius 1 is 1.40 bits per heavy atom. The van der Waals surface area contributed by atoms with Gasteiger partial charge in [-0.2, -0.15) is 0 Å². The second-order valence-corrected chi connectivity index (χ2v) is 4.10. The van der Waals surface area contributed by atoms with Gasteiger partial charge in [0, 0.05) is 0 Å². The van der Waals surface area contributed by atoms with Crippen LogP contribution < -0.4 is 0 Å². The summed E-state index contributed by atoms with van der Waals surface area (Å²) in [5, 5.41) is 0. The summed E-state index contributed by atoms with van der Waals surface area (Å²) >= 11 is 0. The maximum Gasteiger partial charge on any atom is -0.0186 e. The molecule has 0 heterocycles.